The van der Waals surface area contributed by atoms with Gasteiger partial charge in [0.1, 0.15) is 37.4 Å². The van der Waals surface area contributed by atoms with Crippen molar-refractivity contribution in [1.82, 2.24) is 0 Å². The van der Waals surface area contributed by atoms with Crippen LogP contribution in [0.25, 0.3) is 22.1 Å². The molecule has 0 saturated heterocycles. The molecule has 1 aliphatic heterocycles. The van der Waals surface area contributed by atoms with Crippen LogP contribution in [0.5, 0.6) is 17.2 Å². The molecule has 2 heterocycles. The van der Waals surface area contributed by atoms with Crippen molar-refractivity contribution in [1.29, 1.82) is 0 Å². The lowest BCUT2D eigenvalue weighted by molar-refractivity contribution is -0.307. The highest BCUT2D eigenvalue weighted by molar-refractivity contribution is 5.84. The molecule has 2 aromatic carbocycles. The molecule has 0 bridgehead atoms. The van der Waals surface area contributed by atoms with E-state index in [9.17, 15) is 14.7 Å². The number of rotatable bonds is 6. The summed E-state index contributed by atoms with van der Waals surface area (Å²) < 4.78 is 22.1. The van der Waals surface area contributed by atoms with Crippen LogP contribution in [0.15, 0.2) is 45.8 Å². The Morgan fingerprint density at radius 2 is 1.93 bits per heavy atom. The van der Waals surface area contributed by atoms with E-state index in [1.807, 2.05) is 6.92 Å². The quantitative estimate of drug-likeness (QED) is 0.632. The Bertz CT molecular complexity index is 1130. The molecule has 0 radical (unpaired) electrons. The number of carboxylic acids is 1. The summed E-state index contributed by atoms with van der Waals surface area (Å²) in [6, 6.07) is 8.58. The van der Waals surface area contributed by atoms with E-state index in [-0.39, 0.29) is 5.43 Å². The number of ether oxygens (including phenoxy) is 3. The Balaban J connectivity index is 1.79. The van der Waals surface area contributed by atoms with E-state index in [1.165, 1.54) is 6.26 Å². The molecule has 3 aromatic rings. The van der Waals surface area contributed by atoms with Gasteiger partial charge in [0.25, 0.3) is 0 Å². The van der Waals surface area contributed by atoms with Gasteiger partial charge in [-0.1, -0.05) is 19.4 Å². The molecular formula is C22H19O7-. The first-order chi connectivity index (χ1) is 14.1. The summed E-state index contributed by atoms with van der Waals surface area (Å²) in [7, 11) is 0. The smallest absolute Gasteiger partial charge is 0.200 e. The van der Waals surface area contributed by atoms with Gasteiger partial charge in [0.2, 0.25) is 5.43 Å². The average molecular weight is 395 g/mol. The Labute approximate surface area is 166 Å². The van der Waals surface area contributed by atoms with Crippen molar-refractivity contribution in [2.24, 2.45) is 0 Å². The molecule has 4 rings (SSSR count). The van der Waals surface area contributed by atoms with Crippen LogP contribution in [0.1, 0.15) is 18.9 Å². The van der Waals surface area contributed by atoms with Crippen molar-refractivity contribution in [3.63, 3.8) is 0 Å². The molecule has 0 unspecified atom stereocenters. The van der Waals surface area contributed by atoms with E-state index in [2.05, 4.69) is 0 Å². The molecule has 1 aliphatic rings. The lowest BCUT2D eigenvalue weighted by Gasteiger charge is -2.18. The number of aliphatic carboxylic acids is 1. The van der Waals surface area contributed by atoms with Crippen molar-refractivity contribution in [2.45, 2.75) is 19.8 Å². The van der Waals surface area contributed by atoms with Gasteiger partial charge in [-0.15, -0.1) is 0 Å². The number of aryl methyl sites for hydroxylation is 1. The van der Waals surface area contributed by atoms with Gasteiger partial charge in [-0.25, -0.2) is 0 Å². The number of carbonyl (C=O) groups excluding carboxylic acids is 1. The fourth-order valence-electron chi connectivity index (χ4n) is 3.35. The number of carboxylic acid groups (broad SMARTS) is 1. The van der Waals surface area contributed by atoms with Crippen LogP contribution in [-0.4, -0.2) is 25.8 Å². The zero-order chi connectivity index (χ0) is 20.4. The van der Waals surface area contributed by atoms with Crippen LogP contribution < -0.4 is 24.7 Å². The third kappa shape index (κ3) is 3.76. The van der Waals surface area contributed by atoms with Gasteiger partial charge >= 0.3 is 0 Å². The first kappa shape index (κ1) is 18.9. The van der Waals surface area contributed by atoms with Crippen molar-refractivity contribution in [2.75, 3.05) is 19.8 Å². The number of carbonyl (C=O) groups is 1. The predicted molar refractivity (Wildman–Crippen MR) is 103 cm³/mol. The van der Waals surface area contributed by atoms with Crippen molar-refractivity contribution in [3.8, 4) is 28.4 Å². The number of fused-ring (bicyclic) bond motifs is 2. The first-order valence-electron chi connectivity index (χ1n) is 9.38. The van der Waals surface area contributed by atoms with Gasteiger partial charge in [-0.3, -0.25) is 4.79 Å². The molecule has 0 N–H and O–H groups in total. The molecule has 0 aliphatic carbocycles. The maximum Gasteiger partial charge on any atom is 0.200 e. The fraction of sp³-hybridized carbons (Fsp3) is 0.273. The molecule has 0 amide bonds. The number of hydrogen-bond donors (Lipinski definition) is 0. The number of hydrogen-bond acceptors (Lipinski definition) is 7. The van der Waals surface area contributed by atoms with Crippen LogP contribution >= 0.6 is 0 Å². The van der Waals surface area contributed by atoms with Crippen LogP contribution in [0, 0.1) is 0 Å². The molecule has 1 aromatic heterocycles. The minimum Gasteiger partial charge on any atom is -0.546 e. The maximum atomic E-state index is 13.2. The topological polar surface area (TPSA) is 98.0 Å². The van der Waals surface area contributed by atoms with Crippen LogP contribution in [0.3, 0.4) is 0 Å². The molecule has 29 heavy (non-hydrogen) atoms. The Hall–Kier alpha value is -3.48. The molecular weight excluding hydrogens is 376 g/mol. The monoisotopic (exact) mass is 395 g/mol. The van der Waals surface area contributed by atoms with Crippen LogP contribution in [0.2, 0.25) is 0 Å². The summed E-state index contributed by atoms with van der Waals surface area (Å²) in [5.41, 5.74) is 1.95. The van der Waals surface area contributed by atoms with E-state index >= 15 is 0 Å². The third-order valence-corrected chi connectivity index (χ3v) is 4.67. The lowest BCUT2D eigenvalue weighted by Crippen LogP contribution is -2.29. The third-order valence-electron chi connectivity index (χ3n) is 4.67. The summed E-state index contributed by atoms with van der Waals surface area (Å²) in [4.78, 5) is 23.9. The van der Waals surface area contributed by atoms with Crippen molar-refractivity contribution < 1.29 is 28.5 Å². The standard InChI is InChI=1S/C22H20O7/c1-2-3-14-8-15-19(10-18(14)29-12-21(23)24)28-11-16(22(15)25)13-4-5-17-20(9-13)27-7-6-26-17/h4-5,8-11H,2-3,6-7,12H2,1H3,(H,23,24)/p-1. The van der Waals surface area contributed by atoms with Crippen molar-refractivity contribution >= 4 is 16.9 Å². The van der Waals surface area contributed by atoms with E-state index in [1.54, 1.807) is 30.3 Å². The van der Waals surface area contributed by atoms with Crippen LogP contribution in [-0.2, 0) is 11.2 Å². The Morgan fingerprint density at radius 1 is 1.14 bits per heavy atom. The summed E-state index contributed by atoms with van der Waals surface area (Å²) in [6.07, 6.45) is 2.82. The normalized spacial score (nSPS) is 12.7. The molecule has 7 heteroatoms. The first-order valence-corrected chi connectivity index (χ1v) is 9.38. The van der Waals surface area contributed by atoms with Crippen molar-refractivity contribution in [3.05, 3.63) is 52.4 Å². The second-order valence-corrected chi connectivity index (χ2v) is 6.70. The van der Waals surface area contributed by atoms with Gasteiger partial charge in [-0.05, 0) is 35.7 Å². The average Bonchev–Trinajstić information content (AvgIpc) is 2.73. The summed E-state index contributed by atoms with van der Waals surface area (Å²) in [6.45, 7) is 2.37. The van der Waals surface area contributed by atoms with Gasteiger partial charge < -0.3 is 28.5 Å². The van der Waals surface area contributed by atoms with E-state index < -0.39 is 12.6 Å². The Morgan fingerprint density at radius 3 is 2.69 bits per heavy atom. The lowest BCUT2D eigenvalue weighted by atomic mass is 10.0. The molecule has 0 atom stereocenters. The molecule has 0 fully saturated rings. The zero-order valence-corrected chi connectivity index (χ0v) is 15.9. The van der Waals surface area contributed by atoms with Crippen LogP contribution in [0.4, 0.5) is 0 Å². The van der Waals surface area contributed by atoms with E-state index in [0.717, 1.165) is 12.0 Å². The second-order valence-electron chi connectivity index (χ2n) is 6.70. The van der Waals surface area contributed by atoms with Gasteiger partial charge in [0.15, 0.2) is 11.5 Å². The highest BCUT2D eigenvalue weighted by atomic mass is 16.6. The van der Waals surface area contributed by atoms with E-state index in [4.69, 9.17) is 18.6 Å². The van der Waals surface area contributed by atoms with Gasteiger partial charge in [0, 0.05) is 6.07 Å². The predicted octanol–water partition coefficient (Wildman–Crippen LogP) is 2.31. The SMILES string of the molecule is CCCc1cc2c(=O)c(-c3ccc4c(c3)OCCO4)coc2cc1OCC(=O)[O-]. The maximum absolute atomic E-state index is 13.2. The fourth-order valence-corrected chi connectivity index (χ4v) is 3.35. The summed E-state index contributed by atoms with van der Waals surface area (Å²) >= 11 is 0. The largest absolute Gasteiger partial charge is 0.546 e. The molecule has 7 nitrogen and oxygen atoms in total. The highest BCUT2D eigenvalue weighted by Crippen LogP contribution is 2.34. The number of benzene rings is 2. The minimum atomic E-state index is -1.32. The highest BCUT2D eigenvalue weighted by Gasteiger charge is 2.17. The second kappa shape index (κ2) is 7.87. The Kier molecular flexibility index (Phi) is 5.12. The summed E-state index contributed by atoms with van der Waals surface area (Å²) in [5, 5.41) is 11.1. The van der Waals surface area contributed by atoms with Gasteiger partial charge in [0.05, 0.1) is 16.9 Å². The molecule has 0 spiro atoms. The zero-order valence-electron chi connectivity index (χ0n) is 15.9. The molecule has 0 saturated carbocycles. The minimum absolute atomic E-state index is 0.188. The van der Waals surface area contributed by atoms with E-state index in [0.29, 0.717) is 59.0 Å². The van der Waals surface area contributed by atoms with Gasteiger partial charge in [-0.2, -0.15) is 0 Å². The summed E-state index contributed by atoms with van der Waals surface area (Å²) in [5.74, 6) is 0.290. The molecule has 150 valence electrons.